The van der Waals surface area contributed by atoms with Gasteiger partial charge in [-0.1, -0.05) is 45.0 Å². The Labute approximate surface area is 237 Å². The van der Waals surface area contributed by atoms with Gasteiger partial charge in [0, 0.05) is 23.9 Å². The van der Waals surface area contributed by atoms with E-state index in [0.717, 1.165) is 39.4 Å². The van der Waals surface area contributed by atoms with Crippen molar-refractivity contribution in [2.45, 2.75) is 32.6 Å². The maximum atomic E-state index is 12.8. The number of rotatable bonds is 8. The lowest BCUT2D eigenvalue weighted by atomic mass is 9.86. The summed E-state index contributed by atoms with van der Waals surface area (Å²) in [5, 5.41) is 6.27. The van der Waals surface area contributed by atoms with Crippen LogP contribution in [-0.2, 0) is 11.8 Å². The van der Waals surface area contributed by atoms with Crippen molar-refractivity contribution < 1.29 is 19.0 Å². The molecule has 0 spiro atoms. The third-order valence-electron chi connectivity index (χ3n) is 6.81. The summed E-state index contributed by atoms with van der Waals surface area (Å²) in [6.07, 6.45) is 2.37. The molecule has 3 aromatic carbocycles. The summed E-state index contributed by atoms with van der Waals surface area (Å²) in [6.45, 7) is 7.18. The van der Waals surface area contributed by atoms with Crippen LogP contribution in [0.15, 0.2) is 79.0 Å². The zero-order valence-electron chi connectivity index (χ0n) is 23.2. The van der Waals surface area contributed by atoms with E-state index >= 15 is 0 Å². The molecule has 3 heterocycles. The van der Waals surface area contributed by atoms with Gasteiger partial charge < -0.3 is 29.8 Å². The molecule has 1 aliphatic heterocycles. The topological polar surface area (TPSA) is 110 Å². The maximum Gasteiger partial charge on any atom is 0.251 e. The molecule has 0 saturated carbocycles. The molecule has 9 heteroatoms. The second kappa shape index (κ2) is 10.8. The standard InChI is InChI=1S/C32H31N5O4/c1-32(2,3)22-7-4-5-9-26(22)41-30-24(8-6-15-34-30)36-31-35-23-12-11-21(18-25(23)37-31)29(38)33-16-14-20-10-13-27-28(17-20)40-19-39-27/h4-13,15,17-18H,14,16,19H2,1-3H3,(H,33,38)(H2,35,36,37). The number of hydrogen-bond donors (Lipinski definition) is 3. The summed E-state index contributed by atoms with van der Waals surface area (Å²) in [4.78, 5) is 25.2. The molecule has 0 radical (unpaired) electrons. The number of aromatic amines is 1. The van der Waals surface area contributed by atoms with Crippen molar-refractivity contribution in [3.8, 4) is 23.1 Å². The lowest BCUT2D eigenvalue weighted by molar-refractivity contribution is 0.0954. The smallest absolute Gasteiger partial charge is 0.251 e. The fraction of sp³-hybridized carbons (Fsp3) is 0.219. The second-order valence-corrected chi connectivity index (χ2v) is 10.8. The molecule has 0 unspecified atom stereocenters. The Kier molecular flexibility index (Phi) is 6.93. The van der Waals surface area contributed by atoms with Crippen molar-refractivity contribution in [1.29, 1.82) is 0 Å². The van der Waals surface area contributed by atoms with Gasteiger partial charge in [-0.15, -0.1) is 0 Å². The number of carbonyl (C=O) groups is 1. The summed E-state index contributed by atoms with van der Waals surface area (Å²) in [7, 11) is 0. The Balaban J connectivity index is 1.13. The minimum absolute atomic E-state index is 0.0896. The van der Waals surface area contributed by atoms with Crippen LogP contribution in [0.3, 0.4) is 0 Å². The predicted octanol–water partition coefficient (Wildman–Crippen LogP) is 6.49. The van der Waals surface area contributed by atoms with Crippen molar-refractivity contribution >= 4 is 28.6 Å². The van der Waals surface area contributed by atoms with E-state index in [1.807, 2.05) is 54.6 Å². The van der Waals surface area contributed by atoms with E-state index < -0.39 is 0 Å². The SMILES string of the molecule is CC(C)(C)c1ccccc1Oc1ncccc1Nc1nc2ccc(C(=O)NCCc3ccc4c(c3)OCO4)cc2[nH]1. The fourth-order valence-electron chi connectivity index (χ4n) is 4.70. The number of para-hydroxylation sites is 1. The zero-order chi connectivity index (χ0) is 28.4. The monoisotopic (exact) mass is 549 g/mol. The first kappa shape index (κ1) is 26.2. The minimum atomic E-state index is -0.155. The quantitative estimate of drug-likeness (QED) is 0.203. The summed E-state index contributed by atoms with van der Waals surface area (Å²) < 4.78 is 17.1. The number of hydrogen-bond acceptors (Lipinski definition) is 7. The number of ether oxygens (including phenoxy) is 3. The normalized spacial score (nSPS) is 12.4. The molecule has 0 fully saturated rings. The molecular weight excluding hydrogens is 518 g/mol. The highest BCUT2D eigenvalue weighted by molar-refractivity contribution is 5.97. The van der Waals surface area contributed by atoms with Crippen LogP contribution < -0.4 is 24.8 Å². The van der Waals surface area contributed by atoms with Crippen molar-refractivity contribution in [2.24, 2.45) is 0 Å². The van der Waals surface area contributed by atoms with E-state index in [0.29, 0.717) is 36.0 Å². The van der Waals surface area contributed by atoms with Crippen molar-refractivity contribution in [2.75, 3.05) is 18.7 Å². The molecule has 0 aliphatic carbocycles. The van der Waals surface area contributed by atoms with Crippen LogP contribution in [0.1, 0.15) is 42.3 Å². The van der Waals surface area contributed by atoms with E-state index in [1.54, 1.807) is 18.3 Å². The van der Waals surface area contributed by atoms with Crippen LogP contribution in [0.2, 0.25) is 0 Å². The molecule has 41 heavy (non-hydrogen) atoms. The van der Waals surface area contributed by atoms with E-state index in [9.17, 15) is 4.79 Å². The lowest BCUT2D eigenvalue weighted by Gasteiger charge is -2.22. The first-order valence-electron chi connectivity index (χ1n) is 13.5. The average molecular weight is 550 g/mol. The number of nitrogens with zero attached hydrogens (tertiary/aromatic N) is 2. The molecule has 0 saturated heterocycles. The molecule has 5 aromatic rings. The van der Waals surface area contributed by atoms with Gasteiger partial charge in [0.25, 0.3) is 5.91 Å². The molecule has 3 N–H and O–H groups in total. The summed E-state index contributed by atoms with van der Waals surface area (Å²) >= 11 is 0. The molecule has 208 valence electrons. The second-order valence-electron chi connectivity index (χ2n) is 10.8. The van der Waals surface area contributed by atoms with Gasteiger partial charge in [0.1, 0.15) is 11.4 Å². The molecule has 6 rings (SSSR count). The largest absolute Gasteiger partial charge is 0.454 e. The number of nitrogens with one attached hydrogen (secondary N) is 3. The molecule has 1 aliphatic rings. The van der Waals surface area contributed by atoms with Gasteiger partial charge in [0.15, 0.2) is 11.5 Å². The third kappa shape index (κ3) is 5.79. The van der Waals surface area contributed by atoms with E-state index in [4.69, 9.17) is 14.2 Å². The summed E-state index contributed by atoms with van der Waals surface area (Å²) in [5.41, 5.74) is 4.73. The Bertz CT molecular complexity index is 1720. The van der Waals surface area contributed by atoms with Gasteiger partial charge in [-0.25, -0.2) is 9.97 Å². The van der Waals surface area contributed by atoms with Gasteiger partial charge in [0.2, 0.25) is 18.6 Å². The Morgan fingerprint density at radius 2 is 1.85 bits per heavy atom. The van der Waals surface area contributed by atoms with Crippen molar-refractivity contribution in [3.63, 3.8) is 0 Å². The van der Waals surface area contributed by atoms with Gasteiger partial charge in [0.05, 0.1) is 11.0 Å². The van der Waals surface area contributed by atoms with Crippen LogP contribution in [0.5, 0.6) is 23.1 Å². The number of fused-ring (bicyclic) bond motifs is 2. The first-order chi connectivity index (χ1) is 19.8. The third-order valence-corrected chi connectivity index (χ3v) is 6.81. The number of amides is 1. The van der Waals surface area contributed by atoms with Crippen LogP contribution in [0, 0.1) is 0 Å². The molecule has 0 atom stereocenters. The zero-order valence-corrected chi connectivity index (χ0v) is 23.2. The highest BCUT2D eigenvalue weighted by Gasteiger charge is 2.20. The maximum absolute atomic E-state index is 12.8. The average Bonchev–Trinajstić information content (AvgIpc) is 3.59. The molecular formula is C32H31N5O4. The van der Waals surface area contributed by atoms with Crippen LogP contribution in [0.25, 0.3) is 11.0 Å². The summed E-state index contributed by atoms with van der Waals surface area (Å²) in [6, 6.07) is 22.9. The molecule has 1 amide bonds. The lowest BCUT2D eigenvalue weighted by Crippen LogP contribution is -2.25. The minimum Gasteiger partial charge on any atom is -0.454 e. The Morgan fingerprint density at radius 1 is 1.00 bits per heavy atom. The molecule has 0 bridgehead atoms. The number of imidazole rings is 1. The molecule has 9 nitrogen and oxygen atoms in total. The van der Waals surface area contributed by atoms with Gasteiger partial charge in [-0.3, -0.25) is 4.79 Å². The van der Waals surface area contributed by atoms with Crippen LogP contribution >= 0.6 is 0 Å². The number of pyridine rings is 1. The number of carbonyl (C=O) groups excluding carboxylic acids is 1. The number of aromatic nitrogens is 3. The highest BCUT2D eigenvalue weighted by atomic mass is 16.7. The van der Waals surface area contributed by atoms with Crippen molar-refractivity contribution in [3.05, 3.63) is 95.7 Å². The van der Waals surface area contributed by atoms with Gasteiger partial charge >= 0.3 is 0 Å². The van der Waals surface area contributed by atoms with Crippen LogP contribution in [-0.4, -0.2) is 34.2 Å². The van der Waals surface area contributed by atoms with E-state index in [2.05, 4.69) is 52.4 Å². The first-order valence-corrected chi connectivity index (χ1v) is 13.5. The number of anilines is 2. The molecule has 2 aromatic heterocycles. The number of benzene rings is 3. The summed E-state index contributed by atoms with van der Waals surface area (Å²) in [5.74, 6) is 3.03. The predicted molar refractivity (Wildman–Crippen MR) is 157 cm³/mol. The number of H-pyrrole nitrogens is 1. The Hall–Kier alpha value is -5.05. The fourth-order valence-corrected chi connectivity index (χ4v) is 4.70. The highest BCUT2D eigenvalue weighted by Crippen LogP contribution is 2.36. The Morgan fingerprint density at radius 3 is 2.73 bits per heavy atom. The van der Waals surface area contributed by atoms with Crippen LogP contribution in [0.4, 0.5) is 11.6 Å². The van der Waals surface area contributed by atoms with Gasteiger partial charge in [-0.2, -0.15) is 0 Å². The van der Waals surface area contributed by atoms with Gasteiger partial charge in [-0.05, 0) is 65.9 Å². The van der Waals surface area contributed by atoms with Crippen molar-refractivity contribution in [1.82, 2.24) is 20.3 Å². The van der Waals surface area contributed by atoms with E-state index in [1.165, 1.54) is 0 Å². The van der Waals surface area contributed by atoms with E-state index in [-0.39, 0.29) is 18.1 Å².